The number of rotatable bonds is 10. The van der Waals surface area contributed by atoms with Gasteiger partial charge in [0.15, 0.2) is 0 Å². The topological polar surface area (TPSA) is 24.3 Å². The van der Waals surface area contributed by atoms with Crippen molar-refractivity contribution in [2.75, 3.05) is 9.80 Å². The van der Waals surface area contributed by atoms with Gasteiger partial charge in [-0.25, -0.2) is 4.98 Å². The van der Waals surface area contributed by atoms with E-state index in [-0.39, 0.29) is 48.1 Å². The van der Waals surface area contributed by atoms with Crippen molar-refractivity contribution >= 4 is 73.4 Å². The minimum Gasteiger partial charge on any atom is -0.493 e. The van der Waals surface area contributed by atoms with Crippen molar-refractivity contribution in [3.05, 3.63) is 271 Å². The van der Waals surface area contributed by atoms with Gasteiger partial charge < -0.3 is 14.4 Å². The largest absolute Gasteiger partial charge is 0.493 e. The summed E-state index contributed by atoms with van der Waals surface area (Å²) in [6, 6.07) is 88.1. The second-order valence-corrected chi connectivity index (χ2v) is 31.7. The number of nitrogens with zero attached hydrogens (tertiary/aromatic N) is 4. The summed E-state index contributed by atoms with van der Waals surface area (Å²) < 4.78 is 2.38. The summed E-state index contributed by atoms with van der Waals surface area (Å²) in [5.41, 5.74) is 16.2. The Morgan fingerprint density at radius 3 is 1.48 bits per heavy atom. The third-order valence-electron chi connectivity index (χ3n) is 17.7. The van der Waals surface area contributed by atoms with Crippen molar-refractivity contribution in [1.29, 1.82) is 0 Å². The molecule has 6 heteroatoms. The number of anilines is 4. The Morgan fingerprint density at radius 2 is 0.918 bits per heavy atom. The molecule has 3 heterocycles. The third-order valence-corrected chi connectivity index (χ3v) is 22.3. The van der Waals surface area contributed by atoms with Crippen molar-refractivity contribution < 1.29 is 21.1 Å². The van der Waals surface area contributed by atoms with E-state index in [1.807, 2.05) is 6.20 Å². The Bertz CT molecular complexity index is 4140. The molecule has 12 rings (SSSR count). The van der Waals surface area contributed by atoms with Crippen molar-refractivity contribution in [1.82, 2.24) is 9.55 Å². The van der Waals surface area contributed by atoms with E-state index in [1.54, 1.807) is 0 Å². The number of pyridine rings is 1. The predicted molar refractivity (Wildman–Crippen MR) is 360 cm³/mol. The van der Waals surface area contributed by atoms with Gasteiger partial charge in [0.2, 0.25) is 0 Å². The van der Waals surface area contributed by atoms with Gasteiger partial charge in [0.05, 0.1) is 0 Å². The van der Waals surface area contributed by atoms with E-state index in [9.17, 15) is 0 Å². The minimum atomic E-state index is -3.30. The van der Waals surface area contributed by atoms with Gasteiger partial charge in [-0.05, 0) is 124 Å². The molecule has 432 valence electrons. The van der Waals surface area contributed by atoms with E-state index in [1.165, 1.54) is 54.9 Å². The fraction of sp³-hybridized carbons (Fsp3) is 0.241. The fourth-order valence-electron chi connectivity index (χ4n) is 12.4. The molecule has 0 aliphatic carbocycles. The van der Waals surface area contributed by atoms with Crippen molar-refractivity contribution in [2.24, 2.45) is 0 Å². The molecule has 0 amide bonds. The minimum absolute atomic E-state index is 0. The number of hydrogen-bond acceptors (Lipinski definition) is 3. The number of benzene rings is 9. The maximum absolute atomic E-state index is 5.28. The normalized spacial score (nSPS) is 13.3. The van der Waals surface area contributed by atoms with Gasteiger partial charge in [0.1, 0.15) is 13.9 Å². The molecule has 0 saturated heterocycles. The van der Waals surface area contributed by atoms with Crippen LogP contribution in [0, 0.1) is 18.8 Å². The Balaban J connectivity index is 0.00000752. The van der Waals surface area contributed by atoms with Crippen LogP contribution >= 0.6 is 0 Å². The van der Waals surface area contributed by atoms with E-state index >= 15 is 0 Å². The molecule has 9 aromatic carbocycles. The van der Waals surface area contributed by atoms with Crippen LogP contribution in [0.4, 0.5) is 22.7 Å². The first-order valence-corrected chi connectivity index (χ1v) is 31.9. The number of aromatic nitrogens is 2. The quantitative estimate of drug-likeness (QED) is 0.0775. The van der Waals surface area contributed by atoms with Crippen LogP contribution in [0.3, 0.4) is 0 Å². The van der Waals surface area contributed by atoms with Gasteiger partial charge in [-0.1, -0.05) is 242 Å². The van der Waals surface area contributed by atoms with Gasteiger partial charge in [-0.2, -0.15) is 52.8 Å². The molecule has 0 spiro atoms. The molecule has 1 aliphatic rings. The van der Waals surface area contributed by atoms with Gasteiger partial charge in [-0.15, -0.1) is 17.7 Å². The van der Waals surface area contributed by atoms with Gasteiger partial charge in [0.25, 0.3) is 0 Å². The summed E-state index contributed by atoms with van der Waals surface area (Å²) in [5.74, 6) is 0.859. The van der Waals surface area contributed by atoms with E-state index in [0.29, 0.717) is 0 Å². The predicted octanol–water partition coefficient (Wildman–Crippen LogP) is 17.7. The standard InChI is InChI=1S/C79H79N4Si.Pt/c1-75(2,3)58-43-55(44-59(46-58)76(4,5)6)54-37-40-70-69(45-54)68-39-38-67(52-73(68)83(70)74-50-57(41-42-80-74)79(13,14)56-27-18-15-19-28-56)84(64-30-20-16-21-31-64,65-32-22-17-23-33-65)66-34-26-29-62(51-66)81-53-82(72-36-25-24-35-71(72)81)63-48-60(77(7,8)9)47-61(49-63)78(10,11)12;/h15-50,53H,1-14H3;/q-3;. The SMILES string of the molecule is CC(C)(C)c1cc(-c2ccc3c(c2)c2ccc([Si](c4[c-]c(N5[CH-]N(c6cc(C(C)(C)C)cc(C(C)(C)C)c6)c6ccccc65)ccc4)(c4ccccc4)c4ccccc4)[c-]c2n3-c2cc(C(C)(C)c3ccccc3)ccn2)cc(C(C)(C)C)c1.[Pt]. The Labute approximate surface area is 521 Å². The van der Waals surface area contributed by atoms with Crippen molar-refractivity contribution in [3.63, 3.8) is 0 Å². The van der Waals surface area contributed by atoms with Crippen LogP contribution in [-0.2, 0) is 48.1 Å². The smallest absolute Gasteiger partial charge is 0.135 e. The van der Waals surface area contributed by atoms with Crippen LogP contribution in [0.25, 0.3) is 38.8 Å². The molecule has 11 aromatic rings. The zero-order chi connectivity index (χ0) is 59.1. The molecule has 2 aromatic heterocycles. The molecule has 0 saturated carbocycles. The number of para-hydroxylation sites is 2. The average molecular weight is 1310 g/mol. The van der Waals surface area contributed by atoms with Crippen LogP contribution in [0.5, 0.6) is 0 Å². The zero-order valence-electron chi connectivity index (χ0n) is 52.0. The molecule has 1 aliphatic heterocycles. The molecule has 85 heavy (non-hydrogen) atoms. The summed E-state index contributed by atoms with van der Waals surface area (Å²) >= 11 is 0. The molecule has 0 N–H and O–H groups in total. The van der Waals surface area contributed by atoms with Gasteiger partial charge in [-0.3, -0.25) is 0 Å². The summed E-state index contributed by atoms with van der Waals surface area (Å²) in [5, 5.41) is 7.08. The van der Waals surface area contributed by atoms with Crippen LogP contribution < -0.4 is 30.5 Å². The molecule has 0 unspecified atom stereocenters. The zero-order valence-corrected chi connectivity index (χ0v) is 55.2. The summed E-state index contributed by atoms with van der Waals surface area (Å²) in [4.78, 5) is 10.0. The van der Waals surface area contributed by atoms with Gasteiger partial charge >= 0.3 is 0 Å². The summed E-state index contributed by atoms with van der Waals surface area (Å²) in [6.45, 7) is 34.7. The number of hydrogen-bond donors (Lipinski definition) is 0. The monoisotopic (exact) mass is 1310 g/mol. The second-order valence-electron chi connectivity index (χ2n) is 27.9. The second kappa shape index (κ2) is 22.1. The van der Waals surface area contributed by atoms with Gasteiger partial charge in [0, 0.05) is 55.3 Å². The Kier molecular flexibility index (Phi) is 15.4. The van der Waals surface area contributed by atoms with E-state index in [4.69, 9.17) is 4.98 Å². The first-order chi connectivity index (χ1) is 39.9. The molecular formula is C79H79N4PtSi-3. The Hall–Kier alpha value is -7.56. The summed E-state index contributed by atoms with van der Waals surface area (Å²) in [6.07, 6.45) is 1.99. The van der Waals surface area contributed by atoms with E-state index < -0.39 is 8.07 Å². The summed E-state index contributed by atoms with van der Waals surface area (Å²) in [7, 11) is -3.30. The molecule has 4 nitrogen and oxygen atoms in total. The van der Waals surface area contributed by atoms with E-state index in [0.717, 1.165) is 60.7 Å². The molecule has 0 atom stereocenters. The van der Waals surface area contributed by atoms with Crippen molar-refractivity contribution in [2.45, 2.75) is 124 Å². The average Bonchev–Trinajstić information content (AvgIpc) is 1.87. The molecule has 0 bridgehead atoms. The van der Waals surface area contributed by atoms with Crippen LogP contribution in [0.1, 0.15) is 130 Å². The van der Waals surface area contributed by atoms with Crippen LogP contribution in [0.15, 0.2) is 219 Å². The first kappa shape index (κ1) is 59.2. The van der Waals surface area contributed by atoms with Crippen molar-refractivity contribution in [3.8, 4) is 16.9 Å². The first-order valence-electron chi connectivity index (χ1n) is 29.9. The third kappa shape index (κ3) is 10.9. The van der Waals surface area contributed by atoms with Crippen LogP contribution in [0.2, 0.25) is 0 Å². The molecule has 0 radical (unpaired) electrons. The van der Waals surface area contributed by atoms with E-state index in [2.05, 4.69) is 342 Å². The maximum Gasteiger partial charge on any atom is 0.135 e. The molecular weight excluding hydrogens is 1230 g/mol. The Morgan fingerprint density at radius 1 is 0.400 bits per heavy atom. The maximum atomic E-state index is 5.28. The van der Waals surface area contributed by atoms with Crippen LogP contribution in [-0.4, -0.2) is 17.6 Å². The number of fused-ring (bicyclic) bond motifs is 4. The fourth-order valence-corrected chi connectivity index (χ4v) is 17.0. The molecule has 0 fully saturated rings.